The maximum Gasteiger partial charge on any atom is 0.269 e. The van der Waals surface area contributed by atoms with Gasteiger partial charge >= 0.3 is 0 Å². The van der Waals surface area contributed by atoms with E-state index in [1.165, 1.54) is 12.1 Å². The number of nitrogens with zero attached hydrogens (tertiary/aromatic N) is 4. The lowest BCUT2D eigenvalue weighted by Crippen LogP contribution is -1.94. The number of non-ortho nitro benzene ring substituents is 1. The fourth-order valence-corrected chi connectivity index (χ4v) is 2.56. The molecule has 3 aromatic rings. The Morgan fingerprint density at radius 2 is 1.90 bits per heavy atom. The van der Waals surface area contributed by atoms with Crippen LogP contribution in [0.1, 0.15) is 11.4 Å². The second-order valence-electron chi connectivity index (χ2n) is 4.72. The van der Waals surface area contributed by atoms with Crippen molar-refractivity contribution in [1.82, 2.24) is 14.6 Å². The highest BCUT2D eigenvalue weighted by atomic mass is 35.5. The van der Waals surface area contributed by atoms with Crippen molar-refractivity contribution in [2.75, 3.05) is 0 Å². The minimum Gasteiger partial charge on any atom is -0.258 e. The molecule has 0 saturated heterocycles. The molecule has 0 unspecified atom stereocenters. The van der Waals surface area contributed by atoms with Crippen LogP contribution in [-0.2, 0) is 0 Å². The van der Waals surface area contributed by atoms with Crippen molar-refractivity contribution in [3.63, 3.8) is 0 Å². The maximum absolute atomic E-state index is 10.7. The number of hydrogen-bond donors (Lipinski definition) is 0. The van der Waals surface area contributed by atoms with Crippen molar-refractivity contribution >= 4 is 22.9 Å². The molecule has 0 amide bonds. The van der Waals surface area contributed by atoms with Gasteiger partial charge in [-0.05, 0) is 37.6 Å². The molecule has 6 nitrogen and oxygen atoms in total. The standard InChI is InChI=1S/C14H11ClN4O2/c1-8-7-12(15)18-14(16-8)13(9(2)17-18)10-3-5-11(6-4-10)19(20)21/h3-7H,1-2H3. The second-order valence-corrected chi connectivity index (χ2v) is 5.11. The Balaban J connectivity index is 2.24. The Morgan fingerprint density at radius 1 is 1.24 bits per heavy atom. The maximum atomic E-state index is 10.7. The van der Waals surface area contributed by atoms with Crippen LogP contribution in [0.3, 0.4) is 0 Å². The summed E-state index contributed by atoms with van der Waals surface area (Å²) in [4.78, 5) is 14.8. The molecule has 1 aromatic carbocycles. The molecule has 0 radical (unpaired) electrons. The number of fused-ring (bicyclic) bond motifs is 1. The van der Waals surface area contributed by atoms with E-state index in [1.54, 1.807) is 22.7 Å². The lowest BCUT2D eigenvalue weighted by molar-refractivity contribution is -0.384. The Hall–Kier alpha value is -2.47. The SMILES string of the molecule is Cc1cc(Cl)n2nc(C)c(-c3ccc([N+](=O)[O-])cc3)c2n1. The van der Waals surface area contributed by atoms with Crippen LogP contribution in [0.2, 0.25) is 5.15 Å². The van der Waals surface area contributed by atoms with Crippen LogP contribution in [0.25, 0.3) is 16.8 Å². The second kappa shape index (κ2) is 4.82. The summed E-state index contributed by atoms with van der Waals surface area (Å²) in [5, 5.41) is 15.6. The first-order valence-corrected chi connectivity index (χ1v) is 6.62. The number of aryl methyl sites for hydroxylation is 2. The van der Waals surface area contributed by atoms with E-state index < -0.39 is 4.92 Å². The van der Waals surface area contributed by atoms with E-state index in [0.717, 1.165) is 22.5 Å². The molecule has 0 aliphatic rings. The largest absolute Gasteiger partial charge is 0.269 e. The highest BCUT2D eigenvalue weighted by Gasteiger charge is 2.16. The zero-order chi connectivity index (χ0) is 15.1. The Kier molecular flexibility index (Phi) is 3.10. The fourth-order valence-electron chi connectivity index (χ4n) is 2.29. The topological polar surface area (TPSA) is 73.3 Å². The molecule has 0 bridgehead atoms. The lowest BCUT2D eigenvalue weighted by atomic mass is 10.1. The van der Waals surface area contributed by atoms with Gasteiger partial charge in [-0.2, -0.15) is 5.10 Å². The van der Waals surface area contributed by atoms with E-state index in [2.05, 4.69) is 10.1 Å². The van der Waals surface area contributed by atoms with E-state index in [9.17, 15) is 10.1 Å². The van der Waals surface area contributed by atoms with Gasteiger partial charge in [0.15, 0.2) is 5.65 Å². The highest BCUT2D eigenvalue weighted by molar-refractivity contribution is 6.29. The van der Waals surface area contributed by atoms with Crippen LogP contribution in [0.5, 0.6) is 0 Å². The molecule has 2 heterocycles. The van der Waals surface area contributed by atoms with Gasteiger partial charge in [0.25, 0.3) is 5.69 Å². The molecular weight excluding hydrogens is 292 g/mol. The summed E-state index contributed by atoms with van der Waals surface area (Å²) >= 11 is 6.17. The van der Waals surface area contributed by atoms with Crippen LogP contribution in [0, 0.1) is 24.0 Å². The predicted molar refractivity (Wildman–Crippen MR) is 79.6 cm³/mol. The number of rotatable bonds is 2. The van der Waals surface area contributed by atoms with Crippen molar-refractivity contribution < 1.29 is 4.92 Å². The van der Waals surface area contributed by atoms with E-state index in [1.807, 2.05) is 13.8 Å². The van der Waals surface area contributed by atoms with Gasteiger partial charge in [0, 0.05) is 23.4 Å². The van der Waals surface area contributed by atoms with Crippen molar-refractivity contribution in [2.45, 2.75) is 13.8 Å². The Labute approximate surface area is 125 Å². The minimum absolute atomic E-state index is 0.0510. The lowest BCUT2D eigenvalue weighted by Gasteiger charge is -2.02. The van der Waals surface area contributed by atoms with Crippen LogP contribution in [-0.4, -0.2) is 19.5 Å². The average molecular weight is 303 g/mol. The molecule has 2 aromatic heterocycles. The van der Waals surface area contributed by atoms with Crippen molar-refractivity contribution in [3.8, 4) is 11.1 Å². The molecule has 0 saturated carbocycles. The molecule has 0 aliphatic heterocycles. The zero-order valence-corrected chi connectivity index (χ0v) is 12.1. The first-order chi connectivity index (χ1) is 9.97. The predicted octanol–water partition coefficient (Wildman–Crippen LogP) is 3.57. The summed E-state index contributed by atoms with van der Waals surface area (Å²) in [5.41, 5.74) is 3.90. The molecular formula is C14H11ClN4O2. The Morgan fingerprint density at radius 3 is 2.52 bits per heavy atom. The summed E-state index contributed by atoms with van der Waals surface area (Å²) in [6.45, 7) is 3.71. The molecule has 0 N–H and O–H groups in total. The summed E-state index contributed by atoms with van der Waals surface area (Å²) in [6, 6.07) is 8.06. The summed E-state index contributed by atoms with van der Waals surface area (Å²) in [5.74, 6) is 0. The average Bonchev–Trinajstić information content (AvgIpc) is 2.75. The van der Waals surface area contributed by atoms with Gasteiger partial charge in [0.05, 0.1) is 10.6 Å². The molecule has 21 heavy (non-hydrogen) atoms. The van der Waals surface area contributed by atoms with Crippen molar-refractivity contribution in [2.24, 2.45) is 0 Å². The molecule has 7 heteroatoms. The third kappa shape index (κ3) is 2.23. The summed E-state index contributed by atoms with van der Waals surface area (Å²) in [7, 11) is 0. The number of benzene rings is 1. The van der Waals surface area contributed by atoms with Crippen LogP contribution in [0.4, 0.5) is 5.69 Å². The first kappa shape index (κ1) is 13.5. The molecule has 0 aliphatic carbocycles. The molecule has 3 rings (SSSR count). The van der Waals surface area contributed by atoms with Gasteiger partial charge < -0.3 is 0 Å². The van der Waals surface area contributed by atoms with Crippen LogP contribution < -0.4 is 0 Å². The zero-order valence-electron chi connectivity index (χ0n) is 11.4. The van der Waals surface area contributed by atoms with Gasteiger partial charge in [-0.3, -0.25) is 10.1 Å². The summed E-state index contributed by atoms with van der Waals surface area (Å²) < 4.78 is 1.57. The minimum atomic E-state index is -0.425. The van der Waals surface area contributed by atoms with Gasteiger partial charge in [0.2, 0.25) is 0 Å². The fraction of sp³-hybridized carbons (Fsp3) is 0.143. The number of halogens is 1. The molecule has 0 fully saturated rings. The number of nitro benzene ring substituents is 1. The van der Waals surface area contributed by atoms with Crippen molar-refractivity contribution in [1.29, 1.82) is 0 Å². The molecule has 106 valence electrons. The van der Waals surface area contributed by atoms with Gasteiger partial charge in [0.1, 0.15) is 5.15 Å². The van der Waals surface area contributed by atoms with E-state index in [-0.39, 0.29) is 5.69 Å². The number of hydrogen-bond acceptors (Lipinski definition) is 4. The van der Waals surface area contributed by atoms with Crippen LogP contribution >= 0.6 is 11.6 Å². The van der Waals surface area contributed by atoms with Gasteiger partial charge in [-0.1, -0.05) is 11.6 Å². The third-order valence-corrected chi connectivity index (χ3v) is 3.48. The van der Waals surface area contributed by atoms with E-state index in [0.29, 0.717) is 10.8 Å². The highest BCUT2D eigenvalue weighted by Crippen LogP contribution is 2.30. The third-order valence-electron chi connectivity index (χ3n) is 3.22. The van der Waals surface area contributed by atoms with Crippen molar-refractivity contribution in [3.05, 3.63) is 57.0 Å². The van der Waals surface area contributed by atoms with Gasteiger partial charge in [-0.25, -0.2) is 9.50 Å². The first-order valence-electron chi connectivity index (χ1n) is 6.24. The molecule has 0 spiro atoms. The quantitative estimate of drug-likeness (QED) is 0.412. The summed E-state index contributed by atoms with van der Waals surface area (Å²) in [6.07, 6.45) is 0. The van der Waals surface area contributed by atoms with Gasteiger partial charge in [-0.15, -0.1) is 0 Å². The Bertz CT molecular complexity index is 856. The number of nitro groups is 1. The normalized spacial score (nSPS) is 11.0. The smallest absolute Gasteiger partial charge is 0.258 e. The number of aromatic nitrogens is 3. The van der Waals surface area contributed by atoms with Crippen LogP contribution in [0.15, 0.2) is 30.3 Å². The van der Waals surface area contributed by atoms with E-state index in [4.69, 9.17) is 11.6 Å². The molecule has 0 atom stereocenters. The monoisotopic (exact) mass is 302 g/mol. The van der Waals surface area contributed by atoms with E-state index >= 15 is 0 Å².